The summed E-state index contributed by atoms with van der Waals surface area (Å²) in [6.07, 6.45) is 14.9. The van der Waals surface area contributed by atoms with Crippen molar-refractivity contribution >= 4 is 57.7 Å². The first-order valence-electron chi connectivity index (χ1n) is 30.6. The van der Waals surface area contributed by atoms with Crippen molar-refractivity contribution in [3.8, 4) is 50.4 Å². The fourth-order valence-electron chi connectivity index (χ4n) is 13.8. The Bertz CT molecular complexity index is 4290. The predicted octanol–water partition coefficient (Wildman–Crippen LogP) is 12.2. The number of likely N-dealkylation sites (N-methyl/N-ethyl adjacent to an activating group) is 4. The highest BCUT2D eigenvalue weighted by Crippen LogP contribution is 2.47. The standard InChI is InChI=1S/C19H20N2O.C18H19N3O2.C18H19N3O.C18H17N3O/c1-19(2)15-8-7-12(10-17(15)21(3)18(19)22)14-9-13-5-4-6-16(13)20-11-14;1-18(2)13-5-4-11(9-15(13)21(3)17(18)22)12-8-14-16(20-10-12)23-7-6-19-14;1-18(2)14-5-4-11(7-16(14)21(3)17(18)22)12-6-13-8-19-10-15(13)20-9-12;1-18(2)14-5-4-12(10-15(14)20(3)17(18)22)13-6-8-21-9-7-19-16(21)11-13/h7-11H,4-6H2,1-3H3;4-5,8-10,19H,6-7H2,1-3H3;4-7,9,19H,8,10H2,1-3H3;4-11H,1-3H3. The first-order valence-corrected chi connectivity index (χ1v) is 30.6. The van der Waals surface area contributed by atoms with Crippen molar-refractivity contribution in [1.82, 2.24) is 29.7 Å². The maximum atomic E-state index is 12.4. The van der Waals surface area contributed by atoms with Crippen LogP contribution in [0.5, 0.6) is 5.88 Å². The van der Waals surface area contributed by atoms with Crippen LogP contribution in [-0.4, -0.2) is 89.3 Å². The van der Waals surface area contributed by atoms with Gasteiger partial charge in [-0.05, 0) is 190 Å². The number of aromatic nitrogens is 5. The SMILES string of the molecule is CN1C(=O)C(C)(C)c2ccc(-c3ccn4ccnc4c3)cc21.CN1C(=O)C(C)(C)c2ccc(-c3cnc4c(c3)CCC4)cc21.CN1C(=O)C(C)(C)c2ccc(-c3cnc4c(c3)CNC4)cc21.CN1C(=O)C(C)(C)c2ccc(-c3cnc4c(c3)NCCO4)cc21. The van der Waals surface area contributed by atoms with Gasteiger partial charge in [0.1, 0.15) is 12.3 Å². The van der Waals surface area contributed by atoms with Gasteiger partial charge in [0.05, 0.1) is 33.0 Å². The normalized spacial score (nSPS) is 17.8. The zero-order valence-electron chi connectivity index (χ0n) is 52.8. The average molecular weight is 1190 g/mol. The molecule has 0 bridgehead atoms. The zero-order chi connectivity index (χ0) is 62.6. The number of ether oxygens (including phenoxy) is 1. The molecule has 6 aliphatic heterocycles. The summed E-state index contributed by atoms with van der Waals surface area (Å²) < 4.78 is 7.50. The minimum absolute atomic E-state index is 0.128. The molecule has 5 aromatic heterocycles. The van der Waals surface area contributed by atoms with Crippen molar-refractivity contribution < 1.29 is 23.9 Å². The van der Waals surface area contributed by atoms with E-state index in [1.807, 2.05) is 125 Å². The van der Waals surface area contributed by atoms with Crippen LogP contribution in [0.15, 0.2) is 140 Å². The van der Waals surface area contributed by atoms with Gasteiger partial charge < -0.3 is 39.4 Å². The number of imidazole rings is 1. The van der Waals surface area contributed by atoms with Crippen molar-refractivity contribution in [2.45, 2.75) is 109 Å². The molecule has 0 saturated heterocycles. The highest BCUT2D eigenvalue weighted by Gasteiger charge is 2.45. The lowest BCUT2D eigenvalue weighted by atomic mass is 9.85. The Morgan fingerprint density at radius 1 is 0.438 bits per heavy atom. The average Bonchev–Trinajstić information content (AvgIpc) is 1.70. The lowest BCUT2D eigenvalue weighted by Gasteiger charge is -2.19. The molecule has 1 aliphatic carbocycles. The predicted molar refractivity (Wildman–Crippen MR) is 352 cm³/mol. The van der Waals surface area contributed by atoms with Crippen LogP contribution in [0, 0.1) is 0 Å². The molecule has 16 nitrogen and oxygen atoms in total. The molecule has 0 unspecified atom stereocenters. The summed E-state index contributed by atoms with van der Waals surface area (Å²) in [4.78, 5) is 74.5. The van der Waals surface area contributed by atoms with E-state index in [4.69, 9.17) is 4.74 Å². The zero-order valence-corrected chi connectivity index (χ0v) is 52.8. The Hall–Kier alpha value is -9.54. The maximum absolute atomic E-state index is 12.4. The highest BCUT2D eigenvalue weighted by molar-refractivity contribution is 6.10. The summed E-state index contributed by atoms with van der Waals surface area (Å²) >= 11 is 0. The molecule has 89 heavy (non-hydrogen) atoms. The van der Waals surface area contributed by atoms with Crippen molar-refractivity contribution in [2.75, 3.05) is 66.3 Å². The van der Waals surface area contributed by atoms with E-state index >= 15 is 0 Å². The molecule has 16 rings (SSSR count). The Morgan fingerprint density at radius 2 is 0.876 bits per heavy atom. The molecule has 0 radical (unpaired) electrons. The van der Waals surface area contributed by atoms with Gasteiger partial charge in [-0.25, -0.2) is 9.97 Å². The Labute approximate surface area is 520 Å². The van der Waals surface area contributed by atoms with Crippen molar-refractivity contribution in [3.05, 3.63) is 185 Å². The molecule has 0 spiro atoms. The number of amides is 4. The second kappa shape index (κ2) is 21.6. The molecule has 0 saturated carbocycles. The van der Waals surface area contributed by atoms with Gasteiger partial charge in [0.15, 0.2) is 0 Å². The van der Waals surface area contributed by atoms with E-state index < -0.39 is 21.7 Å². The van der Waals surface area contributed by atoms with E-state index in [2.05, 4.69) is 128 Å². The molecule has 4 amide bonds. The second-order valence-corrected chi connectivity index (χ2v) is 26.5. The molecule has 452 valence electrons. The minimum Gasteiger partial charge on any atom is -0.474 e. The summed E-state index contributed by atoms with van der Waals surface area (Å²) in [5.74, 6) is 1.23. The minimum atomic E-state index is -0.466. The molecule has 9 aromatic rings. The van der Waals surface area contributed by atoms with Gasteiger partial charge in [-0.15, -0.1) is 0 Å². The number of carbonyl (C=O) groups is 4. The number of aryl methyl sites for hydroxylation is 2. The summed E-state index contributed by atoms with van der Waals surface area (Å²) in [7, 11) is 7.39. The van der Waals surface area contributed by atoms with E-state index in [0.717, 1.165) is 139 Å². The van der Waals surface area contributed by atoms with Gasteiger partial charge in [0, 0.05) is 130 Å². The highest BCUT2D eigenvalue weighted by atomic mass is 16.5. The Balaban J connectivity index is 0.000000109. The van der Waals surface area contributed by atoms with Gasteiger partial charge >= 0.3 is 0 Å². The third-order valence-corrected chi connectivity index (χ3v) is 19.3. The van der Waals surface area contributed by atoms with E-state index in [1.54, 1.807) is 25.8 Å². The van der Waals surface area contributed by atoms with E-state index in [0.29, 0.717) is 12.5 Å². The van der Waals surface area contributed by atoms with E-state index in [1.165, 1.54) is 23.2 Å². The van der Waals surface area contributed by atoms with Crippen LogP contribution < -0.4 is 35.0 Å². The molecule has 7 aliphatic rings. The number of nitrogens with zero attached hydrogens (tertiary/aromatic N) is 9. The van der Waals surface area contributed by atoms with Gasteiger partial charge in [0.2, 0.25) is 29.5 Å². The van der Waals surface area contributed by atoms with E-state index in [9.17, 15) is 19.2 Å². The van der Waals surface area contributed by atoms with Crippen LogP contribution in [0.2, 0.25) is 0 Å². The molecular formula is C73H75N11O5. The van der Waals surface area contributed by atoms with Gasteiger partial charge in [-0.1, -0.05) is 48.5 Å². The number of fused-ring (bicyclic) bond motifs is 8. The fraction of sp³-hybridized carbons (Fsp3) is 0.315. The molecule has 0 atom stereocenters. The Morgan fingerprint density at radius 3 is 1.38 bits per heavy atom. The molecule has 2 N–H and O–H groups in total. The van der Waals surface area contributed by atoms with Gasteiger partial charge in [-0.2, -0.15) is 0 Å². The van der Waals surface area contributed by atoms with Crippen LogP contribution in [0.3, 0.4) is 0 Å². The van der Waals surface area contributed by atoms with Crippen LogP contribution in [0.4, 0.5) is 28.4 Å². The first-order chi connectivity index (χ1) is 42.4. The molecule has 4 aromatic carbocycles. The summed E-state index contributed by atoms with van der Waals surface area (Å²) in [5, 5.41) is 6.62. The maximum Gasteiger partial charge on any atom is 0.237 e. The number of hydrogen-bond acceptors (Lipinski definition) is 11. The van der Waals surface area contributed by atoms with Crippen LogP contribution >= 0.6 is 0 Å². The quantitative estimate of drug-likeness (QED) is 0.172. The molecular weight excluding hydrogens is 1110 g/mol. The third kappa shape index (κ3) is 9.88. The van der Waals surface area contributed by atoms with Gasteiger partial charge in [-0.3, -0.25) is 29.1 Å². The topological polar surface area (TPSA) is 170 Å². The van der Waals surface area contributed by atoms with Gasteiger partial charge in [0.25, 0.3) is 0 Å². The number of pyridine rings is 4. The lowest BCUT2D eigenvalue weighted by Crippen LogP contribution is -2.33. The molecule has 11 heterocycles. The number of benzene rings is 4. The molecule has 0 fully saturated rings. The number of anilines is 5. The monoisotopic (exact) mass is 1190 g/mol. The smallest absolute Gasteiger partial charge is 0.237 e. The summed E-state index contributed by atoms with van der Waals surface area (Å²) in [6, 6.07) is 35.7. The third-order valence-electron chi connectivity index (χ3n) is 19.3. The fourth-order valence-corrected chi connectivity index (χ4v) is 13.8. The van der Waals surface area contributed by atoms with Crippen LogP contribution in [-0.2, 0) is 66.8 Å². The van der Waals surface area contributed by atoms with Crippen molar-refractivity contribution in [2.24, 2.45) is 0 Å². The molecule has 16 heteroatoms. The number of hydrogen-bond donors (Lipinski definition) is 2. The van der Waals surface area contributed by atoms with Crippen molar-refractivity contribution in [1.29, 1.82) is 0 Å². The van der Waals surface area contributed by atoms with Crippen molar-refractivity contribution in [3.63, 3.8) is 0 Å². The van der Waals surface area contributed by atoms with Crippen LogP contribution in [0.1, 0.15) is 107 Å². The van der Waals surface area contributed by atoms with Crippen LogP contribution in [0.25, 0.3) is 50.2 Å². The first kappa shape index (κ1) is 58.5. The summed E-state index contributed by atoms with van der Waals surface area (Å²) in [6.45, 7) is 19.0. The number of carbonyl (C=O) groups excluding carboxylic acids is 4. The number of nitrogens with one attached hydrogen (secondary N) is 2. The van der Waals surface area contributed by atoms with E-state index in [-0.39, 0.29) is 23.6 Å². The second-order valence-electron chi connectivity index (χ2n) is 26.5. The Kier molecular flexibility index (Phi) is 14.2. The summed E-state index contributed by atoms with van der Waals surface area (Å²) in [5.41, 5.74) is 22.2. The largest absolute Gasteiger partial charge is 0.474 e. The number of rotatable bonds is 4. The lowest BCUT2D eigenvalue weighted by molar-refractivity contribution is -0.122.